The van der Waals surface area contributed by atoms with Gasteiger partial charge in [0, 0.05) is 48.5 Å². The van der Waals surface area contributed by atoms with Crippen LogP contribution in [0.3, 0.4) is 0 Å². The minimum absolute atomic E-state index is 0.0980. The predicted molar refractivity (Wildman–Crippen MR) is 124 cm³/mol. The number of amides is 2. The number of nitrogens with one attached hydrogen (secondary N) is 2. The molecular formula is C24H25N7O2. The van der Waals surface area contributed by atoms with Crippen LogP contribution in [0.4, 0.5) is 0 Å². The van der Waals surface area contributed by atoms with Gasteiger partial charge in [-0.3, -0.25) is 9.59 Å². The number of carbonyl (C=O) groups excluding carboxylic acids is 2. The van der Waals surface area contributed by atoms with Gasteiger partial charge in [0.15, 0.2) is 0 Å². The van der Waals surface area contributed by atoms with Gasteiger partial charge in [-0.2, -0.15) is 14.8 Å². The van der Waals surface area contributed by atoms with E-state index in [-0.39, 0.29) is 11.8 Å². The summed E-state index contributed by atoms with van der Waals surface area (Å²) in [7, 11) is 0. The van der Waals surface area contributed by atoms with Crippen LogP contribution in [0.1, 0.15) is 25.5 Å². The molecule has 1 unspecified atom stereocenters. The first-order chi connectivity index (χ1) is 16.2. The number of hydrogen-bond donors (Lipinski definition) is 2. The lowest BCUT2D eigenvalue weighted by Gasteiger charge is -2.22. The Morgan fingerprint density at radius 3 is 3.03 bits per heavy atom. The molecule has 5 rings (SSSR count). The first kappa shape index (κ1) is 20.9. The first-order valence-electron chi connectivity index (χ1n) is 11.1. The van der Waals surface area contributed by atoms with Gasteiger partial charge in [0.25, 0.3) is 0 Å². The number of H-pyrrole nitrogens is 1. The monoisotopic (exact) mass is 443 g/mol. The van der Waals surface area contributed by atoms with Crippen molar-refractivity contribution in [1.29, 1.82) is 0 Å². The summed E-state index contributed by atoms with van der Waals surface area (Å²) in [4.78, 5) is 34.4. The summed E-state index contributed by atoms with van der Waals surface area (Å²) in [5.41, 5.74) is 4.71. The third-order valence-electron chi connectivity index (χ3n) is 6.02. The van der Waals surface area contributed by atoms with Crippen molar-refractivity contribution in [2.45, 2.75) is 32.2 Å². The van der Waals surface area contributed by atoms with Crippen LogP contribution in [0.5, 0.6) is 0 Å². The highest BCUT2D eigenvalue weighted by molar-refractivity contribution is 5.97. The molecule has 0 radical (unpaired) electrons. The molecule has 1 aliphatic rings. The summed E-state index contributed by atoms with van der Waals surface area (Å²) in [5.74, 6) is -0.202. The molecule has 0 bridgehead atoms. The van der Waals surface area contributed by atoms with Gasteiger partial charge in [0.05, 0.1) is 11.7 Å². The zero-order valence-electron chi connectivity index (χ0n) is 18.4. The van der Waals surface area contributed by atoms with Crippen LogP contribution in [-0.2, 0) is 16.0 Å². The topological polar surface area (TPSA) is 108 Å². The SMILES string of the molecule is CC=CC(=O)N1CCCC1C(=O)NCCc1cc2c(-c3cnn4ncccc34)ccnc2[nH]1. The Morgan fingerprint density at radius 1 is 1.24 bits per heavy atom. The summed E-state index contributed by atoms with van der Waals surface area (Å²) >= 11 is 0. The Labute approximate surface area is 190 Å². The Kier molecular flexibility index (Phi) is 5.60. The molecule has 9 heteroatoms. The Morgan fingerprint density at radius 2 is 2.15 bits per heavy atom. The van der Waals surface area contributed by atoms with Gasteiger partial charge >= 0.3 is 0 Å². The number of carbonyl (C=O) groups is 2. The summed E-state index contributed by atoms with van der Waals surface area (Å²) < 4.78 is 1.61. The number of aromatic nitrogens is 5. The molecule has 2 amide bonds. The average molecular weight is 444 g/mol. The van der Waals surface area contributed by atoms with Crippen LogP contribution in [0, 0.1) is 0 Å². The molecule has 1 saturated heterocycles. The molecule has 4 aromatic heterocycles. The summed E-state index contributed by atoms with van der Waals surface area (Å²) in [5, 5.41) is 12.6. The number of likely N-dealkylation sites (tertiary alicyclic amines) is 1. The fraction of sp³-hybridized carbons (Fsp3) is 0.292. The fourth-order valence-electron chi connectivity index (χ4n) is 4.47. The Bertz CT molecular complexity index is 1350. The van der Waals surface area contributed by atoms with Crippen LogP contribution in [-0.4, -0.2) is 60.6 Å². The summed E-state index contributed by atoms with van der Waals surface area (Å²) in [6.45, 7) is 2.90. The van der Waals surface area contributed by atoms with Crippen molar-refractivity contribution in [2.24, 2.45) is 0 Å². The summed E-state index contributed by atoms with van der Waals surface area (Å²) in [6, 6.07) is 7.53. The third-order valence-corrected chi connectivity index (χ3v) is 6.02. The minimum Gasteiger partial charge on any atom is -0.354 e. The highest BCUT2D eigenvalue weighted by Crippen LogP contribution is 2.30. The van der Waals surface area contributed by atoms with Gasteiger partial charge in [-0.05, 0) is 55.7 Å². The molecule has 0 spiro atoms. The van der Waals surface area contributed by atoms with Gasteiger partial charge in [-0.25, -0.2) is 4.98 Å². The molecule has 0 aliphatic carbocycles. The van der Waals surface area contributed by atoms with Gasteiger partial charge in [-0.1, -0.05) is 6.08 Å². The van der Waals surface area contributed by atoms with E-state index in [1.807, 2.05) is 24.4 Å². The normalized spacial score (nSPS) is 16.3. The highest BCUT2D eigenvalue weighted by Gasteiger charge is 2.32. The van der Waals surface area contributed by atoms with Crippen LogP contribution < -0.4 is 5.32 Å². The number of rotatable bonds is 6. The number of fused-ring (bicyclic) bond motifs is 2. The lowest BCUT2D eigenvalue weighted by molar-refractivity contribution is -0.135. The lowest BCUT2D eigenvalue weighted by atomic mass is 10.1. The van der Waals surface area contributed by atoms with Crippen molar-refractivity contribution in [3.8, 4) is 11.1 Å². The largest absolute Gasteiger partial charge is 0.354 e. The van der Waals surface area contributed by atoms with E-state index in [0.717, 1.165) is 39.8 Å². The van der Waals surface area contributed by atoms with Crippen LogP contribution in [0.25, 0.3) is 27.7 Å². The third kappa shape index (κ3) is 3.97. The fourth-order valence-corrected chi connectivity index (χ4v) is 4.47. The smallest absolute Gasteiger partial charge is 0.246 e. The van der Waals surface area contributed by atoms with Crippen LogP contribution in [0.2, 0.25) is 0 Å². The second-order valence-electron chi connectivity index (χ2n) is 8.10. The maximum atomic E-state index is 12.7. The molecule has 0 saturated carbocycles. The molecule has 1 fully saturated rings. The number of hydrogen-bond acceptors (Lipinski definition) is 5. The zero-order chi connectivity index (χ0) is 22.8. The molecule has 0 aromatic carbocycles. The van der Waals surface area contributed by atoms with Gasteiger partial charge in [0.2, 0.25) is 11.8 Å². The van der Waals surface area contributed by atoms with Crippen molar-refractivity contribution in [3.63, 3.8) is 0 Å². The van der Waals surface area contributed by atoms with Crippen LogP contribution in [0.15, 0.2) is 55.0 Å². The summed E-state index contributed by atoms with van der Waals surface area (Å²) in [6.07, 6.45) is 10.7. The van der Waals surface area contributed by atoms with Crippen molar-refractivity contribution < 1.29 is 9.59 Å². The van der Waals surface area contributed by atoms with Crippen molar-refractivity contribution in [3.05, 3.63) is 60.7 Å². The average Bonchev–Trinajstić information content (AvgIpc) is 3.56. The van der Waals surface area contributed by atoms with Gasteiger partial charge in [-0.15, -0.1) is 0 Å². The Hall–Kier alpha value is -4.01. The van der Waals surface area contributed by atoms with E-state index in [9.17, 15) is 9.59 Å². The van der Waals surface area contributed by atoms with E-state index in [1.54, 1.807) is 34.9 Å². The van der Waals surface area contributed by atoms with Crippen molar-refractivity contribution in [2.75, 3.05) is 13.1 Å². The van der Waals surface area contributed by atoms with E-state index >= 15 is 0 Å². The number of allylic oxidation sites excluding steroid dienone is 1. The molecule has 33 heavy (non-hydrogen) atoms. The first-order valence-corrected chi connectivity index (χ1v) is 11.1. The van der Waals surface area contributed by atoms with Crippen molar-refractivity contribution >= 4 is 28.4 Å². The van der Waals surface area contributed by atoms with E-state index < -0.39 is 6.04 Å². The van der Waals surface area contributed by atoms with Crippen molar-refractivity contribution in [1.82, 2.24) is 35.0 Å². The molecular weight excluding hydrogens is 418 g/mol. The van der Waals surface area contributed by atoms with E-state index in [4.69, 9.17) is 0 Å². The zero-order valence-corrected chi connectivity index (χ0v) is 18.4. The van der Waals surface area contributed by atoms with Crippen LogP contribution >= 0.6 is 0 Å². The quantitative estimate of drug-likeness (QED) is 0.445. The van der Waals surface area contributed by atoms with E-state index in [2.05, 4.69) is 31.5 Å². The second kappa shape index (κ2) is 8.85. The molecule has 1 atom stereocenters. The van der Waals surface area contributed by atoms with Gasteiger partial charge < -0.3 is 15.2 Å². The molecule has 2 N–H and O–H groups in total. The highest BCUT2D eigenvalue weighted by atomic mass is 16.2. The molecule has 168 valence electrons. The Balaban J connectivity index is 1.29. The molecule has 4 aromatic rings. The maximum absolute atomic E-state index is 12.7. The molecule has 9 nitrogen and oxygen atoms in total. The lowest BCUT2D eigenvalue weighted by Crippen LogP contribution is -2.45. The number of aromatic amines is 1. The second-order valence-corrected chi connectivity index (χ2v) is 8.10. The standard InChI is InChI=1S/C24H25N7O2/c1-2-5-22(32)30-13-4-7-21(30)24(33)26-11-8-16-14-18-17(9-12-25-23(18)29-16)19-15-28-31-20(19)6-3-10-27-31/h2-3,5-6,9-10,12,14-15,21H,4,7-8,11,13H2,1H3,(H,25,29)(H,26,33). The number of nitrogens with zero attached hydrogens (tertiary/aromatic N) is 5. The van der Waals surface area contributed by atoms with Gasteiger partial charge in [0.1, 0.15) is 11.7 Å². The predicted octanol–water partition coefficient (Wildman–Crippen LogP) is 2.50. The number of pyridine rings is 1. The maximum Gasteiger partial charge on any atom is 0.246 e. The molecule has 5 heterocycles. The molecule has 1 aliphatic heterocycles. The minimum atomic E-state index is -0.395. The van der Waals surface area contributed by atoms with E-state index in [1.165, 1.54) is 6.08 Å². The van der Waals surface area contributed by atoms with E-state index in [0.29, 0.717) is 25.9 Å².